The molecule has 0 radical (unpaired) electrons. The van der Waals surface area contributed by atoms with Crippen molar-refractivity contribution in [3.8, 4) is 11.5 Å². The van der Waals surface area contributed by atoms with Gasteiger partial charge in [-0.1, -0.05) is 0 Å². The van der Waals surface area contributed by atoms with E-state index in [4.69, 9.17) is 9.47 Å². The molecule has 0 heterocycles. The SMILES string of the molecule is COC(=O)CNC(=O)C[C@H](NC(=O)c1ccc(OC)c(OC2CCCC2)c1)C(=O)O. The Labute approximate surface area is 173 Å². The maximum absolute atomic E-state index is 12.6. The lowest BCUT2D eigenvalue weighted by molar-refractivity contribution is -0.142. The van der Waals surface area contributed by atoms with E-state index in [1.54, 1.807) is 6.07 Å². The summed E-state index contributed by atoms with van der Waals surface area (Å²) in [5, 5.41) is 13.9. The zero-order chi connectivity index (χ0) is 22.1. The van der Waals surface area contributed by atoms with Crippen LogP contribution in [-0.4, -0.2) is 61.8 Å². The Kier molecular flexibility index (Phi) is 8.45. The first-order chi connectivity index (χ1) is 14.3. The lowest BCUT2D eigenvalue weighted by Gasteiger charge is -2.18. The van der Waals surface area contributed by atoms with E-state index < -0.39 is 42.8 Å². The molecular formula is C20H26N2O8. The van der Waals surface area contributed by atoms with Gasteiger partial charge in [-0.05, 0) is 43.9 Å². The van der Waals surface area contributed by atoms with Gasteiger partial charge in [-0.3, -0.25) is 14.4 Å². The van der Waals surface area contributed by atoms with Crippen LogP contribution in [0, 0.1) is 0 Å². The number of benzene rings is 1. The van der Waals surface area contributed by atoms with Crippen LogP contribution in [0.2, 0.25) is 0 Å². The molecule has 2 rings (SSSR count). The number of carbonyl (C=O) groups is 4. The van der Waals surface area contributed by atoms with Gasteiger partial charge in [0.05, 0.1) is 26.7 Å². The van der Waals surface area contributed by atoms with Crippen LogP contribution in [-0.2, 0) is 19.1 Å². The van der Waals surface area contributed by atoms with Crippen LogP contribution in [0.3, 0.4) is 0 Å². The Balaban J connectivity index is 2.04. The second-order valence-electron chi connectivity index (χ2n) is 6.81. The Morgan fingerprint density at radius 3 is 2.43 bits per heavy atom. The first-order valence-corrected chi connectivity index (χ1v) is 9.56. The summed E-state index contributed by atoms with van der Waals surface area (Å²) >= 11 is 0. The highest BCUT2D eigenvalue weighted by Crippen LogP contribution is 2.32. The molecule has 164 valence electrons. The molecule has 3 N–H and O–H groups in total. The van der Waals surface area contributed by atoms with Gasteiger partial charge in [0, 0.05) is 5.56 Å². The van der Waals surface area contributed by atoms with Crippen LogP contribution in [0.15, 0.2) is 18.2 Å². The highest BCUT2D eigenvalue weighted by atomic mass is 16.5. The van der Waals surface area contributed by atoms with Gasteiger partial charge in [0.1, 0.15) is 12.6 Å². The third-order valence-electron chi connectivity index (χ3n) is 4.67. The highest BCUT2D eigenvalue weighted by molar-refractivity contribution is 5.98. The van der Waals surface area contributed by atoms with Crippen molar-refractivity contribution in [3.05, 3.63) is 23.8 Å². The van der Waals surface area contributed by atoms with E-state index >= 15 is 0 Å². The molecule has 0 aromatic heterocycles. The predicted octanol–water partition coefficient (Wildman–Crippen LogP) is 0.879. The summed E-state index contributed by atoms with van der Waals surface area (Å²) in [6.07, 6.45) is 3.49. The van der Waals surface area contributed by atoms with Gasteiger partial charge < -0.3 is 30.0 Å². The summed E-state index contributed by atoms with van der Waals surface area (Å²) in [6, 6.07) is 3.06. The largest absolute Gasteiger partial charge is 0.493 e. The molecule has 10 nitrogen and oxygen atoms in total. The van der Waals surface area contributed by atoms with E-state index in [-0.39, 0.29) is 11.7 Å². The van der Waals surface area contributed by atoms with Crippen molar-refractivity contribution in [2.24, 2.45) is 0 Å². The van der Waals surface area contributed by atoms with Crippen LogP contribution in [0.5, 0.6) is 11.5 Å². The number of carboxylic acid groups (broad SMARTS) is 1. The lowest BCUT2D eigenvalue weighted by atomic mass is 10.1. The molecule has 1 fully saturated rings. The van der Waals surface area contributed by atoms with Crippen LogP contribution < -0.4 is 20.1 Å². The average Bonchev–Trinajstić information content (AvgIpc) is 3.24. The van der Waals surface area contributed by atoms with Crippen molar-refractivity contribution in [3.63, 3.8) is 0 Å². The van der Waals surface area contributed by atoms with Gasteiger partial charge in [-0.2, -0.15) is 0 Å². The fraction of sp³-hybridized carbons (Fsp3) is 0.500. The van der Waals surface area contributed by atoms with E-state index in [2.05, 4.69) is 15.4 Å². The molecule has 1 aliphatic rings. The summed E-state index contributed by atoms with van der Waals surface area (Å²) in [7, 11) is 2.65. The number of carboxylic acids is 1. The molecule has 0 unspecified atom stereocenters. The number of hydrogen-bond donors (Lipinski definition) is 3. The van der Waals surface area contributed by atoms with E-state index in [0.29, 0.717) is 11.5 Å². The lowest BCUT2D eigenvalue weighted by Crippen LogP contribution is -2.44. The number of esters is 1. The summed E-state index contributed by atoms with van der Waals surface area (Å²) < 4.78 is 15.6. The Hall–Kier alpha value is -3.30. The normalized spacial score (nSPS) is 14.5. The van der Waals surface area contributed by atoms with Crippen LogP contribution in [0.4, 0.5) is 0 Å². The Morgan fingerprint density at radius 2 is 1.83 bits per heavy atom. The van der Waals surface area contributed by atoms with Gasteiger partial charge in [0.15, 0.2) is 11.5 Å². The molecule has 2 amide bonds. The molecular weight excluding hydrogens is 396 g/mol. The zero-order valence-corrected chi connectivity index (χ0v) is 16.9. The summed E-state index contributed by atoms with van der Waals surface area (Å²) in [6.45, 7) is -0.393. The van der Waals surface area contributed by atoms with Crippen LogP contribution in [0.25, 0.3) is 0 Å². The molecule has 0 saturated heterocycles. The van der Waals surface area contributed by atoms with Gasteiger partial charge >= 0.3 is 11.9 Å². The summed E-state index contributed by atoms with van der Waals surface area (Å²) in [5.74, 6) is -2.58. The number of carbonyl (C=O) groups excluding carboxylic acids is 3. The van der Waals surface area contributed by atoms with Crippen molar-refractivity contribution >= 4 is 23.8 Å². The third kappa shape index (κ3) is 6.64. The second-order valence-corrected chi connectivity index (χ2v) is 6.81. The predicted molar refractivity (Wildman–Crippen MR) is 104 cm³/mol. The van der Waals surface area contributed by atoms with E-state index in [1.165, 1.54) is 19.2 Å². The second kappa shape index (κ2) is 11.0. The van der Waals surface area contributed by atoms with Crippen molar-refractivity contribution < 1.29 is 38.5 Å². The van der Waals surface area contributed by atoms with Gasteiger partial charge in [-0.25, -0.2) is 4.79 Å². The van der Waals surface area contributed by atoms with Crippen molar-refractivity contribution in [2.75, 3.05) is 20.8 Å². The van der Waals surface area contributed by atoms with E-state index in [9.17, 15) is 24.3 Å². The minimum Gasteiger partial charge on any atom is -0.493 e. The number of rotatable bonds is 10. The van der Waals surface area contributed by atoms with Crippen molar-refractivity contribution in [1.82, 2.24) is 10.6 Å². The van der Waals surface area contributed by atoms with Crippen LogP contribution >= 0.6 is 0 Å². The Bertz CT molecular complexity index is 789. The first kappa shape index (κ1) is 23.0. The topological polar surface area (TPSA) is 140 Å². The van der Waals surface area contributed by atoms with Crippen LogP contribution in [0.1, 0.15) is 42.5 Å². The Morgan fingerprint density at radius 1 is 1.13 bits per heavy atom. The highest BCUT2D eigenvalue weighted by Gasteiger charge is 2.25. The smallest absolute Gasteiger partial charge is 0.326 e. The fourth-order valence-corrected chi connectivity index (χ4v) is 3.04. The minimum atomic E-state index is -1.48. The number of amides is 2. The molecule has 10 heteroatoms. The fourth-order valence-electron chi connectivity index (χ4n) is 3.04. The van der Waals surface area contributed by atoms with Gasteiger partial charge in [-0.15, -0.1) is 0 Å². The molecule has 1 aromatic rings. The van der Waals surface area contributed by atoms with Gasteiger partial charge in [0.25, 0.3) is 5.91 Å². The number of ether oxygens (including phenoxy) is 3. The maximum atomic E-state index is 12.6. The molecule has 0 aliphatic heterocycles. The molecule has 1 aromatic carbocycles. The minimum absolute atomic E-state index is 0.0440. The number of nitrogens with one attached hydrogen (secondary N) is 2. The first-order valence-electron chi connectivity index (χ1n) is 9.56. The number of aliphatic carboxylic acids is 1. The third-order valence-corrected chi connectivity index (χ3v) is 4.67. The van der Waals surface area contributed by atoms with Crippen molar-refractivity contribution in [2.45, 2.75) is 44.2 Å². The molecule has 0 bridgehead atoms. The quantitative estimate of drug-likeness (QED) is 0.472. The summed E-state index contributed by atoms with van der Waals surface area (Å²) in [5.41, 5.74) is 0.171. The maximum Gasteiger partial charge on any atom is 0.326 e. The monoisotopic (exact) mass is 422 g/mol. The van der Waals surface area contributed by atoms with Crippen molar-refractivity contribution in [1.29, 1.82) is 0 Å². The number of methoxy groups -OCH3 is 2. The standard InChI is InChI=1S/C20H26N2O8/c1-28-15-8-7-12(9-16(15)30-13-5-3-4-6-13)19(25)22-14(20(26)27)10-17(23)21-11-18(24)29-2/h7-9,13-14H,3-6,10-11H2,1-2H3,(H,21,23)(H,22,25)(H,26,27)/t14-/m0/s1. The summed E-state index contributed by atoms with van der Waals surface area (Å²) in [4.78, 5) is 46.9. The van der Waals surface area contributed by atoms with Gasteiger partial charge in [0.2, 0.25) is 5.91 Å². The molecule has 30 heavy (non-hydrogen) atoms. The van der Waals surface area contributed by atoms with E-state index in [0.717, 1.165) is 32.8 Å². The molecule has 0 spiro atoms. The number of hydrogen-bond acceptors (Lipinski definition) is 7. The molecule has 1 atom stereocenters. The average molecular weight is 422 g/mol. The molecule has 1 saturated carbocycles. The zero-order valence-electron chi connectivity index (χ0n) is 16.9. The molecule has 1 aliphatic carbocycles. The van der Waals surface area contributed by atoms with E-state index in [1.807, 2.05) is 0 Å².